The number of Topliss-reactive ketones (excluding diaryl/α,β-unsaturated/α-hetero) is 1. The number of nitrogens with one attached hydrogen (secondary N) is 1. The Labute approximate surface area is 168 Å². The molecule has 0 saturated heterocycles. The topological polar surface area (TPSA) is 85.4 Å². The van der Waals surface area contributed by atoms with E-state index < -0.39 is 24.5 Å². The Kier molecular flexibility index (Phi) is 6.34. The number of rotatable bonds is 7. The van der Waals surface area contributed by atoms with Crippen molar-refractivity contribution in [2.45, 2.75) is 26.3 Å². The zero-order chi connectivity index (χ0) is 20.8. The lowest BCUT2D eigenvalue weighted by Crippen LogP contribution is -2.43. The van der Waals surface area contributed by atoms with E-state index in [0.29, 0.717) is 28.6 Å². The van der Waals surface area contributed by atoms with E-state index in [1.807, 2.05) is 48.5 Å². The van der Waals surface area contributed by atoms with Crippen molar-refractivity contribution in [3.63, 3.8) is 0 Å². The normalized spacial score (nSPS) is 11.7. The molecule has 3 rings (SSSR count). The van der Waals surface area contributed by atoms with Gasteiger partial charge in [0, 0.05) is 11.1 Å². The van der Waals surface area contributed by atoms with E-state index in [0.717, 1.165) is 5.56 Å². The molecule has 1 atom stereocenters. The van der Waals surface area contributed by atoms with Crippen LogP contribution in [0.3, 0.4) is 0 Å². The lowest BCUT2D eigenvalue weighted by molar-refractivity contribution is -0.128. The summed E-state index contributed by atoms with van der Waals surface area (Å²) in [6, 6.07) is 17.6. The number of carbonyl (C=O) groups is 3. The second kappa shape index (κ2) is 9.10. The number of aryl methyl sites for hydroxylation is 1. The van der Waals surface area contributed by atoms with Crippen LogP contribution in [0.4, 0.5) is 0 Å². The third-order valence-corrected chi connectivity index (χ3v) is 4.51. The molecule has 6 heteroatoms. The minimum Gasteiger partial charge on any atom is -0.452 e. The number of ketones is 1. The van der Waals surface area contributed by atoms with E-state index in [1.165, 1.54) is 6.92 Å². The number of hydrogen-bond donors (Lipinski definition) is 1. The zero-order valence-electron chi connectivity index (χ0n) is 16.3. The van der Waals surface area contributed by atoms with Gasteiger partial charge in [0.25, 0.3) is 5.91 Å². The SMILES string of the molecule is CC(=O)[C@H](Cc1ccccc1)NC(=O)COC(=O)c1cc(C)nc2ccccc12. The van der Waals surface area contributed by atoms with Crippen LogP contribution in [-0.2, 0) is 20.7 Å². The number of fused-ring (bicyclic) bond motifs is 1. The predicted octanol–water partition coefficient (Wildman–Crippen LogP) is 3.02. The average Bonchev–Trinajstić information content (AvgIpc) is 2.71. The first-order chi connectivity index (χ1) is 13.9. The van der Waals surface area contributed by atoms with Gasteiger partial charge in [-0.1, -0.05) is 48.5 Å². The highest BCUT2D eigenvalue weighted by atomic mass is 16.5. The van der Waals surface area contributed by atoms with E-state index in [4.69, 9.17) is 4.74 Å². The number of para-hydroxylation sites is 1. The Morgan fingerprint density at radius 1 is 1.03 bits per heavy atom. The molecule has 1 N–H and O–H groups in total. The molecule has 3 aromatic rings. The Balaban J connectivity index is 1.64. The molecule has 0 fully saturated rings. The molecule has 0 unspecified atom stereocenters. The van der Waals surface area contributed by atoms with Crippen LogP contribution in [0.15, 0.2) is 60.7 Å². The highest BCUT2D eigenvalue weighted by Gasteiger charge is 2.20. The maximum atomic E-state index is 12.5. The summed E-state index contributed by atoms with van der Waals surface area (Å²) in [5, 5.41) is 3.30. The lowest BCUT2D eigenvalue weighted by Gasteiger charge is -2.16. The molecule has 29 heavy (non-hydrogen) atoms. The Morgan fingerprint density at radius 3 is 2.45 bits per heavy atom. The van der Waals surface area contributed by atoms with Crippen molar-refractivity contribution in [2.75, 3.05) is 6.61 Å². The molecule has 1 heterocycles. The van der Waals surface area contributed by atoms with Gasteiger partial charge in [-0.2, -0.15) is 0 Å². The summed E-state index contributed by atoms with van der Waals surface area (Å²) in [5.74, 6) is -1.29. The monoisotopic (exact) mass is 390 g/mol. The van der Waals surface area contributed by atoms with Crippen LogP contribution in [0.1, 0.15) is 28.5 Å². The van der Waals surface area contributed by atoms with Crippen molar-refractivity contribution in [2.24, 2.45) is 0 Å². The van der Waals surface area contributed by atoms with Crippen molar-refractivity contribution < 1.29 is 19.1 Å². The van der Waals surface area contributed by atoms with Crippen LogP contribution in [0.2, 0.25) is 0 Å². The maximum Gasteiger partial charge on any atom is 0.339 e. The van der Waals surface area contributed by atoms with Crippen LogP contribution in [0, 0.1) is 6.92 Å². The fourth-order valence-electron chi connectivity index (χ4n) is 3.07. The summed E-state index contributed by atoms with van der Waals surface area (Å²) in [7, 11) is 0. The van der Waals surface area contributed by atoms with E-state index in [-0.39, 0.29) is 5.78 Å². The van der Waals surface area contributed by atoms with Crippen molar-refractivity contribution in [1.82, 2.24) is 10.3 Å². The van der Waals surface area contributed by atoms with Crippen molar-refractivity contribution in [3.8, 4) is 0 Å². The average molecular weight is 390 g/mol. The van der Waals surface area contributed by atoms with Gasteiger partial charge in [-0.05, 0) is 38.0 Å². The molecule has 1 amide bonds. The first kappa shape index (κ1) is 20.2. The van der Waals surface area contributed by atoms with Crippen molar-refractivity contribution in [1.29, 1.82) is 0 Å². The van der Waals surface area contributed by atoms with E-state index >= 15 is 0 Å². The molecule has 0 aliphatic heterocycles. The second-order valence-corrected chi connectivity index (χ2v) is 6.82. The third kappa shape index (κ3) is 5.25. The van der Waals surface area contributed by atoms with Crippen molar-refractivity contribution >= 4 is 28.6 Å². The van der Waals surface area contributed by atoms with Gasteiger partial charge in [0.2, 0.25) is 0 Å². The number of hydrogen-bond acceptors (Lipinski definition) is 5. The van der Waals surface area contributed by atoms with Gasteiger partial charge in [-0.15, -0.1) is 0 Å². The molecule has 0 spiro atoms. The molecule has 2 aromatic carbocycles. The molecular weight excluding hydrogens is 368 g/mol. The summed E-state index contributed by atoms with van der Waals surface area (Å²) in [5.41, 5.74) is 2.65. The summed E-state index contributed by atoms with van der Waals surface area (Å²) in [6.07, 6.45) is 0.379. The number of amides is 1. The highest BCUT2D eigenvalue weighted by Crippen LogP contribution is 2.19. The number of nitrogens with zero attached hydrogens (tertiary/aromatic N) is 1. The lowest BCUT2D eigenvalue weighted by atomic mass is 10.0. The number of benzene rings is 2. The number of carbonyl (C=O) groups excluding carboxylic acids is 3. The number of ether oxygens (including phenoxy) is 1. The molecule has 6 nitrogen and oxygen atoms in total. The van der Waals surface area contributed by atoms with E-state index in [9.17, 15) is 14.4 Å². The van der Waals surface area contributed by atoms with E-state index in [1.54, 1.807) is 19.1 Å². The quantitative estimate of drug-likeness (QED) is 0.627. The van der Waals surface area contributed by atoms with Gasteiger partial charge >= 0.3 is 5.97 Å². The smallest absolute Gasteiger partial charge is 0.339 e. The molecule has 0 aliphatic carbocycles. The van der Waals surface area contributed by atoms with Crippen molar-refractivity contribution in [3.05, 3.63) is 77.5 Å². The van der Waals surface area contributed by atoms with Crippen LogP contribution in [0.25, 0.3) is 10.9 Å². The number of esters is 1. The number of pyridine rings is 1. The minimum absolute atomic E-state index is 0.163. The van der Waals surface area contributed by atoms with E-state index in [2.05, 4.69) is 10.3 Å². The van der Waals surface area contributed by atoms with Crippen LogP contribution in [-0.4, -0.2) is 35.3 Å². The van der Waals surface area contributed by atoms with Crippen LogP contribution >= 0.6 is 0 Å². The van der Waals surface area contributed by atoms with Gasteiger partial charge in [0.15, 0.2) is 12.4 Å². The van der Waals surface area contributed by atoms with Gasteiger partial charge in [-0.3, -0.25) is 14.6 Å². The molecular formula is C23H22N2O4. The molecule has 148 valence electrons. The highest BCUT2D eigenvalue weighted by molar-refractivity contribution is 6.04. The first-order valence-corrected chi connectivity index (χ1v) is 9.31. The molecule has 0 aliphatic rings. The molecule has 0 bridgehead atoms. The molecule has 0 saturated carbocycles. The molecule has 0 radical (unpaired) electrons. The summed E-state index contributed by atoms with van der Waals surface area (Å²) < 4.78 is 5.19. The zero-order valence-corrected chi connectivity index (χ0v) is 16.3. The maximum absolute atomic E-state index is 12.5. The van der Waals surface area contributed by atoms with Gasteiger partial charge in [0.1, 0.15) is 0 Å². The Morgan fingerprint density at radius 2 is 1.72 bits per heavy atom. The summed E-state index contributed by atoms with van der Waals surface area (Å²) >= 11 is 0. The standard InChI is InChI=1S/C23H22N2O4/c1-15-12-19(18-10-6-7-11-20(18)24-15)23(28)29-14-22(27)25-21(16(2)26)13-17-8-4-3-5-9-17/h3-12,21H,13-14H2,1-2H3,(H,25,27)/t21-/m0/s1. The number of aromatic nitrogens is 1. The third-order valence-electron chi connectivity index (χ3n) is 4.51. The first-order valence-electron chi connectivity index (χ1n) is 9.31. The Bertz CT molecular complexity index is 1050. The van der Waals surface area contributed by atoms with Crippen LogP contribution in [0.5, 0.6) is 0 Å². The molecule has 1 aromatic heterocycles. The fraction of sp³-hybridized carbons (Fsp3) is 0.217. The largest absolute Gasteiger partial charge is 0.452 e. The second-order valence-electron chi connectivity index (χ2n) is 6.82. The van der Waals surface area contributed by atoms with Gasteiger partial charge in [0.05, 0.1) is 17.1 Å². The van der Waals surface area contributed by atoms with Gasteiger partial charge < -0.3 is 10.1 Å². The van der Waals surface area contributed by atoms with Gasteiger partial charge in [-0.25, -0.2) is 4.79 Å². The van der Waals surface area contributed by atoms with Crippen LogP contribution < -0.4 is 5.32 Å². The Hall–Kier alpha value is -3.54. The summed E-state index contributed by atoms with van der Waals surface area (Å²) in [6.45, 7) is 2.75. The predicted molar refractivity (Wildman–Crippen MR) is 110 cm³/mol. The fourth-order valence-corrected chi connectivity index (χ4v) is 3.07. The summed E-state index contributed by atoms with van der Waals surface area (Å²) in [4.78, 5) is 41.1. The minimum atomic E-state index is -0.674.